The minimum absolute atomic E-state index is 0.0739. The molecule has 0 aliphatic rings. The third kappa shape index (κ3) is 8.45. The van der Waals surface area contributed by atoms with Gasteiger partial charge in [-0.05, 0) is 33.1 Å². The topological polar surface area (TPSA) is 135 Å². The first-order chi connectivity index (χ1) is 14.8. The fourth-order valence-corrected chi connectivity index (χ4v) is 2.94. The molecule has 1 heterocycles. The number of carbonyl (C=O) groups excluding carboxylic acids is 2. The Kier molecular flexibility index (Phi) is 10.1. The summed E-state index contributed by atoms with van der Waals surface area (Å²) in [6, 6.07) is -2.14. The average Bonchev–Trinajstić information content (AvgIpc) is 3.12. The van der Waals surface area contributed by atoms with Crippen molar-refractivity contribution in [2.24, 2.45) is 5.92 Å². The van der Waals surface area contributed by atoms with E-state index in [2.05, 4.69) is 10.1 Å². The van der Waals surface area contributed by atoms with Gasteiger partial charge in [-0.15, -0.1) is 0 Å². The van der Waals surface area contributed by atoms with Crippen LogP contribution < -0.4 is 0 Å². The molecule has 0 aliphatic carbocycles. The first-order valence-corrected chi connectivity index (χ1v) is 10.5. The number of aliphatic carboxylic acids is 1. The maximum Gasteiger partial charge on any atom is 0.410 e. The van der Waals surface area contributed by atoms with Gasteiger partial charge in [0.1, 0.15) is 17.7 Å². The van der Waals surface area contributed by atoms with Gasteiger partial charge in [0.25, 0.3) is 0 Å². The Morgan fingerprint density at radius 2 is 1.75 bits per heavy atom. The van der Waals surface area contributed by atoms with Gasteiger partial charge in [-0.1, -0.05) is 19.0 Å². The summed E-state index contributed by atoms with van der Waals surface area (Å²) in [4.78, 5) is 44.3. The van der Waals surface area contributed by atoms with Gasteiger partial charge in [0.2, 0.25) is 11.8 Å². The summed E-state index contributed by atoms with van der Waals surface area (Å²) in [5, 5.41) is 13.6. The summed E-state index contributed by atoms with van der Waals surface area (Å²) >= 11 is 0. The number of hydrogen-bond donors (Lipinski definition) is 1. The van der Waals surface area contributed by atoms with Crippen molar-refractivity contribution >= 4 is 18.0 Å². The van der Waals surface area contributed by atoms with Gasteiger partial charge in [0, 0.05) is 27.6 Å². The third-order valence-electron chi connectivity index (χ3n) is 4.64. The molecule has 182 valence electrons. The van der Waals surface area contributed by atoms with Gasteiger partial charge >= 0.3 is 12.1 Å². The van der Waals surface area contributed by atoms with Crippen LogP contribution in [0.5, 0.6) is 0 Å². The molecule has 0 aliphatic heterocycles. The standard InChI is InChI=1S/C21H36N4O7/c1-13(2)11-14(25(7)20(29)31-21(3,4)5)18(26)24(6)15(19(27)28)12-17-22-16(23-32-17)9-10-30-8/h13-15H,9-12H2,1-8H3,(H,27,28)/t14-,15+/m0/s1. The Morgan fingerprint density at radius 1 is 1.12 bits per heavy atom. The number of likely N-dealkylation sites (N-methyl/N-ethyl adjacent to an activating group) is 2. The monoisotopic (exact) mass is 456 g/mol. The smallest absolute Gasteiger partial charge is 0.410 e. The molecule has 0 bridgehead atoms. The highest BCUT2D eigenvalue weighted by atomic mass is 16.6. The fraction of sp³-hybridized carbons (Fsp3) is 0.762. The van der Waals surface area contributed by atoms with E-state index in [9.17, 15) is 19.5 Å². The second-order valence-electron chi connectivity index (χ2n) is 9.09. The minimum Gasteiger partial charge on any atom is -0.480 e. The quantitative estimate of drug-likeness (QED) is 0.530. The number of hydrogen-bond acceptors (Lipinski definition) is 8. The number of methoxy groups -OCH3 is 1. The third-order valence-corrected chi connectivity index (χ3v) is 4.64. The molecule has 0 unspecified atom stereocenters. The van der Waals surface area contributed by atoms with Crippen molar-refractivity contribution in [3.8, 4) is 0 Å². The lowest BCUT2D eigenvalue weighted by Crippen LogP contribution is -2.54. The summed E-state index contributed by atoms with van der Waals surface area (Å²) in [6.07, 6.45) is -0.0601. The zero-order chi connectivity index (χ0) is 24.6. The number of carbonyl (C=O) groups is 3. The van der Waals surface area contributed by atoms with Crippen LogP contribution in [0.3, 0.4) is 0 Å². The van der Waals surface area contributed by atoms with Crippen molar-refractivity contribution in [1.29, 1.82) is 0 Å². The molecule has 32 heavy (non-hydrogen) atoms. The number of aromatic nitrogens is 2. The number of carboxylic acids is 1. The van der Waals surface area contributed by atoms with E-state index in [0.29, 0.717) is 25.3 Å². The van der Waals surface area contributed by atoms with Crippen LogP contribution in [0.4, 0.5) is 4.79 Å². The average molecular weight is 457 g/mol. The van der Waals surface area contributed by atoms with E-state index >= 15 is 0 Å². The number of ether oxygens (including phenoxy) is 2. The highest BCUT2D eigenvalue weighted by Gasteiger charge is 2.37. The predicted molar refractivity (Wildman–Crippen MR) is 115 cm³/mol. The van der Waals surface area contributed by atoms with Gasteiger partial charge in [-0.25, -0.2) is 9.59 Å². The normalized spacial score (nSPS) is 13.5. The minimum atomic E-state index is -1.25. The number of amides is 2. The van der Waals surface area contributed by atoms with Crippen LogP contribution in [0.1, 0.15) is 52.8 Å². The molecule has 0 saturated carbocycles. The molecule has 1 N–H and O–H groups in total. The molecule has 2 atom stereocenters. The molecule has 0 radical (unpaired) electrons. The second kappa shape index (κ2) is 11.8. The molecule has 0 spiro atoms. The van der Waals surface area contributed by atoms with E-state index in [1.807, 2.05) is 13.8 Å². The van der Waals surface area contributed by atoms with Gasteiger partial charge in [-0.3, -0.25) is 9.69 Å². The number of nitrogens with zero attached hydrogens (tertiary/aromatic N) is 4. The van der Waals surface area contributed by atoms with E-state index in [1.54, 1.807) is 27.9 Å². The maximum absolute atomic E-state index is 13.3. The summed E-state index contributed by atoms with van der Waals surface area (Å²) < 4.78 is 15.5. The van der Waals surface area contributed by atoms with E-state index in [4.69, 9.17) is 14.0 Å². The van der Waals surface area contributed by atoms with Crippen LogP contribution in [-0.4, -0.2) is 88.5 Å². The van der Waals surface area contributed by atoms with Crippen LogP contribution in [0.25, 0.3) is 0 Å². The first kappa shape index (κ1) is 27.3. The summed E-state index contributed by atoms with van der Waals surface area (Å²) in [6.45, 7) is 9.42. The Hall–Kier alpha value is -2.69. The van der Waals surface area contributed by atoms with Crippen LogP contribution >= 0.6 is 0 Å². The lowest BCUT2D eigenvalue weighted by atomic mass is 10.0. The van der Waals surface area contributed by atoms with Crippen LogP contribution in [0.15, 0.2) is 4.52 Å². The lowest BCUT2D eigenvalue weighted by molar-refractivity contribution is -0.151. The van der Waals surface area contributed by atoms with E-state index in [-0.39, 0.29) is 18.2 Å². The SMILES string of the molecule is COCCc1noc(C[C@H](C(=O)O)N(C)C(=O)[C@H](CC(C)C)N(C)C(=O)OC(C)(C)C)n1. The van der Waals surface area contributed by atoms with Crippen molar-refractivity contribution in [2.75, 3.05) is 27.8 Å². The van der Waals surface area contributed by atoms with Gasteiger partial charge < -0.3 is 24.0 Å². The zero-order valence-electron chi connectivity index (χ0n) is 20.2. The Bertz CT molecular complexity index is 772. The van der Waals surface area contributed by atoms with Crippen molar-refractivity contribution in [2.45, 2.75) is 71.6 Å². The van der Waals surface area contributed by atoms with E-state index in [0.717, 1.165) is 4.90 Å². The number of carboxylic acid groups (broad SMARTS) is 1. The van der Waals surface area contributed by atoms with E-state index in [1.165, 1.54) is 19.0 Å². The molecule has 1 rings (SSSR count). The van der Waals surface area contributed by atoms with Crippen molar-refractivity contribution in [3.05, 3.63) is 11.7 Å². The molecular formula is C21H36N4O7. The largest absolute Gasteiger partial charge is 0.480 e. The first-order valence-electron chi connectivity index (χ1n) is 10.5. The van der Waals surface area contributed by atoms with Crippen LogP contribution in [0, 0.1) is 5.92 Å². The van der Waals surface area contributed by atoms with E-state index < -0.39 is 35.7 Å². The highest BCUT2D eigenvalue weighted by Crippen LogP contribution is 2.19. The molecular weight excluding hydrogens is 420 g/mol. The predicted octanol–water partition coefficient (Wildman–Crippen LogP) is 1.99. The molecule has 1 aromatic heterocycles. The zero-order valence-corrected chi connectivity index (χ0v) is 20.2. The van der Waals surface area contributed by atoms with Crippen molar-refractivity contribution < 1.29 is 33.5 Å². The summed E-state index contributed by atoms with van der Waals surface area (Å²) in [5.41, 5.74) is -0.731. The van der Waals surface area contributed by atoms with Gasteiger partial charge in [0.05, 0.1) is 13.0 Å². The van der Waals surface area contributed by atoms with Crippen LogP contribution in [-0.2, 0) is 31.9 Å². The lowest BCUT2D eigenvalue weighted by Gasteiger charge is -2.34. The molecule has 11 heteroatoms. The summed E-state index contributed by atoms with van der Waals surface area (Å²) in [5.74, 6) is -1.17. The van der Waals surface area contributed by atoms with Crippen molar-refractivity contribution in [1.82, 2.24) is 19.9 Å². The number of rotatable bonds is 11. The Morgan fingerprint density at radius 3 is 2.25 bits per heavy atom. The maximum atomic E-state index is 13.3. The fourth-order valence-electron chi connectivity index (χ4n) is 2.94. The summed E-state index contributed by atoms with van der Waals surface area (Å²) in [7, 11) is 4.41. The van der Waals surface area contributed by atoms with Crippen molar-refractivity contribution in [3.63, 3.8) is 0 Å². The molecule has 0 saturated heterocycles. The molecule has 1 aromatic rings. The van der Waals surface area contributed by atoms with Crippen LogP contribution in [0.2, 0.25) is 0 Å². The molecule has 11 nitrogen and oxygen atoms in total. The molecule has 2 amide bonds. The highest BCUT2D eigenvalue weighted by molar-refractivity contribution is 5.89. The molecule has 0 aromatic carbocycles. The Labute approximate surface area is 189 Å². The van der Waals surface area contributed by atoms with Gasteiger partial charge in [-0.2, -0.15) is 4.98 Å². The second-order valence-corrected chi connectivity index (χ2v) is 9.09. The Balaban J connectivity index is 3.05. The van der Waals surface area contributed by atoms with Gasteiger partial charge in [0.15, 0.2) is 5.82 Å². The molecule has 0 fully saturated rings.